The minimum absolute atomic E-state index is 0.0812. The number of halogens is 2. The molecule has 3 rings (SSSR count). The Hall–Kier alpha value is -2.54. The Morgan fingerprint density at radius 1 is 1.21 bits per heavy atom. The molecule has 0 unspecified atom stereocenters. The van der Waals surface area contributed by atoms with Gasteiger partial charge in [-0.1, -0.05) is 34.1 Å². The van der Waals surface area contributed by atoms with Crippen molar-refractivity contribution < 1.29 is 9.18 Å². The molecule has 1 amide bonds. The van der Waals surface area contributed by atoms with Gasteiger partial charge < -0.3 is 5.32 Å². The van der Waals surface area contributed by atoms with Crippen molar-refractivity contribution >= 4 is 21.8 Å². The zero-order valence-corrected chi connectivity index (χ0v) is 14.2. The van der Waals surface area contributed by atoms with Crippen LogP contribution in [0.15, 0.2) is 59.3 Å². The number of nitrogens with zero attached hydrogens (tertiary/aromatic N) is 3. The van der Waals surface area contributed by atoms with Gasteiger partial charge in [0.15, 0.2) is 5.82 Å². The molecule has 0 atom stereocenters. The summed E-state index contributed by atoms with van der Waals surface area (Å²) in [6.07, 6.45) is 1.68. The summed E-state index contributed by atoms with van der Waals surface area (Å²) in [6, 6.07) is 13.9. The van der Waals surface area contributed by atoms with E-state index in [2.05, 4.69) is 31.4 Å². The molecule has 0 aliphatic heterocycles. The highest BCUT2D eigenvalue weighted by atomic mass is 79.9. The Labute approximate surface area is 146 Å². The molecule has 2 aromatic carbocycles. The van der Waals surface area contributed by atoms with Crippen molar-refractivity contribution in [3.63, 3.8) is 0 Å². The molecule has 0 fully saturated rings. The summed E-state index contributed by atoms with van der Waals surface area (Å²) in [4.78, 5) is 12.1. The Morgan fingerprint density at radius 3 is 2.79 bits per heavy atom. The molecular formula is C17H14BrFN4O. The summed E-state index contributed by atoms with van der Waals surface area (Å²) in [5.74, 6) is 0.0293. The van der Waals surface area contributed by atoms with Gasteiger partial charge in [-0.3, -0.25) is 9.36 Å². The maximum atomic E-state index is 13.3. The van der Waals surface area contributed by atoms with Gasteiger partial charge in [-0.05, 0) is 35.9 Å². The minimum Gasteiger partial charge on any atom is -0.348 e. The lowest BCUT2D eigenvalue weighted by atomic mass is 10.1. The fourth-order valence-corrected chi connectivity index (χ4v) is 2.66. The summed E-state index contributed by atoms with van der Waals surface area (Å²) < 4.78 is 15.8. The van der Waals surface area contributed by atoms with Gasteiger partial charge in [0.1, 0.15) is 12.1 Å². The molecule has 1 aromatic heterocycles. The average molecular weight is 389 g/mol. The van der Waals surface area contributed by atoms with Crippen molar-refractivity contribution in [1.29, 1.82) is 0 Å². The largest absolute Gasteiger partial charge is 0.348 e. The average Bonchev–Trinajstić information content (AvgIpc) is 3.06. The predicted molar refractivity (Wildman–Crippen MR) is 91.0 cm³/mol. The SMILES string of the molecule is O=C(Cc1cc(F)ccc1Br)NCc1nncn1-c1ccccc1. The molecule has 0 saturated heterocycles. The number of nitrogens with one attached hydrogen (secondary N) is 1. The lowest BCUT2D eigenvalue weighted by Gasteiger charge is -2.09. The summed E-state index contributed by atoms with van der Waals surface area (Å²) in [7, 11) is 0. The van der Waals surface area contributed by atoms with Crippen molar-refractivity contribution in [3.8, 4) is 5.69 Å². The fraction of sp³-hybridized carbons (Fsp3) is 0.118. The van der Waals surface area contributed by atoms with Gasteiger partial charge in [0.05, 0.1) is 13.0 Å². The molecule has 0 bridgehead atoms. The highest BCUT2D eigenvalue weighted by Crippen LogP contribution is 2.18. The molecule has 1 heterocycles. The van der Waals surface area contributed by atoms with Crippen LogP contribution < -0.4 is 5.32 Å². The third-order valence-electron chi connectivity index (χ3n) is 3.46. The smallest absolute Gasteiger partial charge is 0.224 e. The summed E-state index contributed by atoms with van der Waals surface area (Å²) in [5.41, 5.74) is 1.51. The van der Waals surface area contributed by atoms with Crippen LogP contribution in [0, 0.1) is 5.82 Å². The first-order valence-corrected chi connectivity index (χ1v) is 8.08. The lowest BCUT2D eigenvalue weighted by molar-refractivity contribution is -0.120. The molecule has 24 heavy (non-hydrogen) atoms. The second-order valence-corrected chi connectivity index (χ2v) is 6.00. The topological polar surface area (TPSA) is 59.8 Å². The van der Waals surface area contributed by atoms with Crippen LogP contribution in [0.3, 0.4) is 0 Å². The van der Waals surface area contributed by atoms with Crippen LogP contribution in [0.25, 0.3) is 5.69 Å². The Bertz CT molecular complexity index is 851. The van der Waals surface area contributed by atoms with Gasteiger partial charge in [0.2, 0.25) is 5.91 Å². The van der Waals surface area contributed by atoms with E-state index in [4.69, 9.17) is 0 Å². The third kappa shape index (κ3) is 3.86. The fourth-order valence-electron chi connectivity index (χ4n) is 2.28. The molecule has 0 spiro atoms. The van der Waals surface area contributed by atoms with E-state index in [9.17, 15) is 9.18 Å². The molecule has 5 nitrogen and oxygen atoms in total. The number of amides is 1. The molecule has 1 N–H and O–H groups in total. The first-order chi connectivity index (χ1) is 11.6. The van der Waals surface area contributed by atoms with Gasteiger partial charge in [-0.2, -0.15) is 0 Å². The first kappa shape index (κ1) is 16.3. The molecule has 0 aliphatic rings. The van der Waals surface area contributed by atoms with Crippen LogP contribution in [0.1, 0.15) is 11.4 Å². The van der Waals surface area contributed by atoms with E-state index in [1.807, 2.05) is 30.3 Å². The number of carbonyl (C=O) groups is 1. The second-order valence-electron chi connectivity index (χ2n) is 5.14. The second kappa shape index (κ2) is 7.35. The van der Waals surface area contributed by atoms with Crippen LogP contribution in [0.2, 0.25) is 0 Å². The van der Waals surface area contributed by atoms with Gasteiger partial charge in [0, 0.05) is 10.2 Å². The summed E-state index contributed by atoms with van der Waals surface area (Å²) >= 11 is 3.32. The lowest BCUT2D eigenvalue weighted by Crippen LogP contribution is -2.26. The van der Waals surface area contributed by atoms with E-state index in [-0.39, 0.29) is 24.7 Å². The Balaban J connectivity index is 1.65. The van der Waals surface area contributed by atoms with E-state index in [0.29, 0.717) is 15.9 Å². The summed E-state index contributed by atoms with van der Waals surface area (Å²) in [6.45, 7) is 0.237. The number of rotatable bonds is 5. The zero-order valence-electron chi connectivity index (χ0n) is 12.6. The van der Waals surface area contributed by atoms with Gasteiger partial charge >= 0.3 is 0 Å². The number of aromatic nitrogens is 3. The van der Waals surface area contributed by atoms with E-state index in [1.54, 1.807) is 17.0 Å². The number of carbonyl (C=O) groups excluding carboxylic acids is 1. The minimum atomic E-state index is -0.371. The van der Waals surface area contributed by atoms with Crippen LogP contribution in [-0.2, 0) is 17.8 Å². The monoisotopic (exact) mass is 388 g/mol. The first-order valence-electron chi connectivity index (χ1n) is 7.28. The number of benzene rings is 2. The van der Waals surface area contributed by atoms with Crippen molar-refractivity contribution in [1.82, 2.24) is 20.1 Å². The van der Waals surface area contributed by atoms with Crippen molar-refractivity contribution in [3.05, 3.63) is 76.5 Å². The van der Waals surface area contributed by atoms with E-state index in [1.165, 1.54) is 12.1 Å². The Kier molecular flexibility index (Phi) is 5.00. The standard InChI is InChI=1S/C17H14BrFN4O/c18-15-7-6-13(19)8-12(15)9-17(24)20-10-16-22-21-11-23(16)14-4-2-1-3-5-14/h1-8,11H,9-10H2,(H,20,24). The van der Waals surface area contributed by atoms with Gasteiger partial charge in [0.25, 0.3) is 0 Å². The van der Waals surface area contributed by atoms with Crippen molar-refractivity contribution in [2.75, 3.05) is 0 Å². The normalized spacial score (nSPS) is 10.6. The van der Waals surface area contributed by atoms with Crippen LogP contribution >= 0.6 is 15.9 Å². The maximum Gasteiger partial charge on any atom is 0.224 e. The molecule has 0 aliphatic carbocycles. The Morgan fingerprint density at radius 2 is 2.00 bits per heavy atom. The molecule has 122 valence electrons. The predicted octanol–water partition coefficient (Wildman–Crippen LogP) is 3.03. The third-order valence-corrected chi connectivity index (χ3v) is 4.23. The number of para-hydroxylation sites is 1. The van der Waals surface area contributed by atoms with E-state index >= 15 is 0 Å². The quantitative estimate of drug-likeness (QED) is 0.730. The molecule has 7 heteroatoms. The number of hydrogen-bond donors (Lipinski definition) is 1. The molecule has 3 aromatic rings. The van der Waals surface area contributed by atoms with E-state index < -0.39 is 0 Å². The highest BCUT2D eigenvalue weighted by molar-refractivity contribution is 9.10. The maximum absolute atomic E-state index is 13.3. The van der Waals surface area contributed by atoms with Crippen LogP contribution in [-0.4, -0.2) is 20.7 Å². The van der Waals surface area contributed by atoms with E-state index in [0.717, 1.165) is 5.69 Å². The molecule has 0 saturated carbocycles. The van der Waals surface area contributed by atoms with Crippen LogP contribution in [0.5, 0.6) is 0 Å². The summed E-state index contributed by atoms with van der Waals surface area (Å²) in [5, 5.41) is 10.7. The van der Waals surface area contributed by atoms with Crippen LogP contribution in [0.4, 0.5) is 4.39 Å². The number of hydrogen-bond acceptors (Lipinski definition) is 3. The van der Waals surface area contributed by atoms with Crippen molar-refractivity contribution in [2.45, 2.75) is 13.0 Å². The highest BCUT2D eigenvalue weighted by Gasteiger charge is 2.11. The van der Waals surface area contributed by atoms with Gasteiger partial charge in [-0.15, -0.1) is 10.2 Å². The zero-order chi connectivity index (χ0) is 16.9. The van der Waals surface area contributed by atoms with Crippen molar-refractivity contribution in [2.24, 2.45) is 0 Å². The van der Waals surface area contributed by atoms with Gasteiger partial charge in [-0.25, -0.2) is 4.39 Å². The molecular weight excluding hydrogens is 375 g/mol. The molecule has 0 radical (unpaired) electrons.